The van der Waals surface area contributed by atoms with Gasteiger partial charge < -0.3 is 20.1 Å². The second-order valence-electron chi connectivity index (χ2n) is 5.93. The number of hydrogen-bond donors (Lipinski definition) is 2. The maximum Gasteiger partial charge on any atom is 0.191 e. The highest BCUT2D eigenvalue weighted by Crippen LogP contribution is 2.14. The lowest BCUT2D eigenvalue weighted by molar-refractivity contribution is 0.293. The first-order valence-corrected chi connectivity index (χ1v) is 8.80. The largest absolute Gasteiger partial charge is 0.359 e. The summed E-state index contributed by atoms with van der Waals surface area (Å²) in [6.45, 7) is 16.2. The van der Waals surface area contributed by atoms with Crippen LogP contribution in [0.25, 0.3) is 0 Å². The van der Waals surface area contributed by atoms with Crippen molar-refractivity contribution in [2.75, 3.05) is 32.7 Å². The average Bonchev–Trinajstić information content (AvgIpc) is 3.01. The number of hydrogen-bond acceptors (Lipinski definition) is 4. The molecule has 0 spiro atoms. The Bertz CT molecular complexity index is 456. The smallest absolute Gasteiger partial charge is 0.191 e. The van der Waals surface area contributed by atoms with Gasteiger partial charge in [0.1, 0.15) is 6.54 Å². The van der Waals surface area contributed by atoms with E-state index in [1.165, 1.54) is 6.42 Å². The molecule has 1 rings (SSSR count). The minimum Gasteiger partial charge on any atom is -0.359 e. The Balaban J connectivity index is 2.48. The minimum atomic E-state index is 0.376. The summed E-state index contributed by atoms with van der Waals surface area (Å²) in [5.41, 5.74) is 0.978. The van der Waals surface area contributed by atoms with Gasteiger partial charge in [-0.2, -0.15) is 0 Å². The van der Waals surface area contributed by atoms with Gasteiger partial charge in [-0.05, 0) is 32.4 Å². The van der Waals surface area contributed by atoms with Crippen LogP contribution >= 0.6 is 0 Å². The summed E-state index contributed by atoms with van der Waals surface area (Å²) in [5, 5.41) is 10.7. The molecule has 0 bridgehead atoms. The first-order chi connectivity index (χ1) is 11.1. The molecule has 0 radical (unpaired) electrons. The van der Waals surface area contributed by atoms with E-state index < -0.39 is 0 Å². The molecule has 1 heterocycles. The van der Waals surface area contributed by atoms with Crippen molar-refractivity contribution in [2.45, 2.75) is 53.5 Å². The summed E-state index contributed by atoms with van der Waals surface area (Å²) < 4.78 is 5.33. The summed E-state index contributed by atoms with van der Waals surface area (Å²) in [6.07, 6.45) is 1.19. The number of aromatic nitrogens is 1. The van der Waals surface area contributed by atoms with Gasteiger partial charge in [-0.25, -0.2) is 4.99 Å². The number of likely N-dealkylation sites (N-methyl/N-ethyl adjacent to an activating group) is 1. The molecule has 132 valence electrons. The second-order valence-corrected chi connectivity index (χ2v) is 5.93. The van der Waals surface area contributed by atoms with E-state index in [1.54, 1.807) is 0 Å². The van der Waals surface area contributed by atoms with Crippen LogP contribution in [0.3, 0.4) is 0 Å². The first kappa shape index (κ1) is 19.5. The molecule has 1 aromatic heterocycles. The molecule has 0 saturated heterocycles. The maximum absolute atomic E-state index is 5.33. The Morgan fingerprint density at radius 1 is 1.26 bits per heavy atom. The van der Waals surface area contributed by atoms with Crippen LogP contribution in [0.1, 0.15) is 58.4 Å². The van der Waals surface area contributed by atoms with Gasteiger partial charge in [0, 0.05) is 25.7 Å². The molecular weight excluding hydrogens is 290 g/mol. The van der Waals surface area contributed by atoms with Crippen molar-refractivity contribution in [3.63, 3.8) is 0 Å². The van der Waals surface area contributed by atoms with Crippen molar-refractivity contribution in [1.29, 1.82) is 0 Å². The van der Waals surface area contributed by atoms with Gasteiger partial charge in [0.05, 0.1) is 5.69 Å². The van der Waals surface area contributed by atoms with Gasteiger partial charge in [0.2, 0.25) is 0 Å². The third-order valence-electron chi connectivity index (χ3n) is 3.61. The fourth-order valence-corrected chi connectivity index (χ4v) is 2.25. The summed E-state index contributed by atoms with van der Waals surface area (Å²) in [5.74, 6) is 2.00. The van der Waals surface area contributed by atoms with Gasteiger partial charge in [0.25, 0.3) is 0 Å². The van der Waals surface area contributed by atoms with Crippen LogP contribution in [0.5, 0.6) is 0 Å². The molecule has 0 amide bonds. The number of aliphatic imine (C=N–C) groups is 1. The van der Waals surface area contributed by atoms with E-state index >= 15 is 0 Å². The van der Waals surface area contributed by atoms with E-state index in [-0.39, 0.29) is 0 Å². The lowest BCUT2D eigenvalue weighted by Crippen LogP contribution is -2.41. The quantitative estimate of drug-likeness (QED) is 0.512. The van der Waals surface area contributed by atoms with E-state index in [0.717, 1.165) is 50.1 Å². The monoisotopic (exact) mass is 323 g/mol. The normalized spacial score (nSPS) is 12.2. The van der Waals surface area contributed by atoms with Gasteiger partial charge >= 0.3 is 0 Å². The highest BCUT2D eigenvalue weighted by atomic mass is 16.5. The van der Waals surface area contributed by atoms with Crippen LogP contribution in [0, 0.1) is 0 Å². The molecule has 0 fully saturated rings. The third kappa shape index (κ3) is 7.50. The van der Waals surface area contributed by atoms with Crippen LogP contribution < -0.4 is 10.6 Å². The van der Waals surface area contributed by atoms with E-state index in [9.17, 15) is 0 Å². The van der Waals surface area contributed by atoms with Crippen molar-refractivity contribution in [3.05, 3.63) is 17.5 Å². The molecule has 0 aliphatic rings. The highest BCUT2D eigenvalue weighted by Gasteiger charge is 2.07. The maximum atomic E-state index is 5.33. The molecule has 6 nitrogen and oxygen atoms in total. The molecule has 0 aliphatic heterocycles. The predicted octanol–water partition coefficient (Wildman–Crippen LogP) is 2.58. The zero-order valence-corrected chi connectivity index (χ0v) is 15.4. The number of rotatable bonds is 10. The Labute approximate surface area is 140 Å². The Hall–Kier alpha value is -1.56. The van der Waals surface area contributed by atoms with E-state index in [4.69, 9.17) is 4.52 Å². The van der Waals surface area contributed by atoms with Crippen LogP contribution in [0.15, 0.2) is 15.6 Å². The van der Waals surface area contributed by atoms with Gasteiger partial charge in [-0.3, -0.25) is 0 Å². The predicted molar refractivity (Wildman–Crippen MR) is 95.8 cm³/mol. The van der Waals surface area contributed by atoms with Crippen LogP contribution in [-0.4, -0.2) is 48.7 Å². The standard InChI is InChI=1S/C17H33N5O/c1-6-10-22(8-3)11-9-19-17(18-7-2)20-13-15-12-16(14(4)5)21-23-15/h12,14H,6-11,13H2,1-5H3,(H2,18,19,20). The Morgan fingerprint density at radius 2 is 2.04 bits per heavy atom. The summed E-state index contributed by atoms with van der Waals surface area (Å²) in [7, 11) is 0. The highest BCUT2D eigenvalue weighted by molar-refractivity contribution is 5.79. The van der Waals surface area contributed by atoms with Crippen molar-refractivity contribution in [1.82, 2.24) is 20.7 Å². The van der Waals surface area contributed by atoms with Crippen LogP contribution in [0.4, 0.5) is 0 Å². The van der Waals surface area contributed by atoms with E-state index in [2.05, 4.69) is 60.3 Å². The number of nitrogens with one attached hydrogen (secondary N) is 2. The fraction of sp³-hybridized carbons (Fsp3) is 0.765. The zero-order valence-electron chi connectivity index (χ0n) is 15.4. The van der Waals surface area contributed by atoms with Gasteiger partial charge in [-0.1, -0.05) is 32.9 Å². The van der Waals surface area contributed by atoms with Crippen LogP contribution in [-0.2, 0) is 6.54 Å². The topological polar surface area (TPSA) is 65.7 Å². The van der Waals surface area contributed by atoms with Crippen molar-refractivity contribution >= 4 is 5.96 Å². The number of guanidine groups is 1. The molecule has 2 N–H and O–H groups in total. The van der Waals surface area contributed by atoms with Crippen molar-refractivity contribution in [3.8, 4) is 0 Å². The molecule has 23 heavy (non-hydrogen) atoms. The lowest BCUT2D eigenvalue weighted by atomic mass is 10.1. The molecule has 0 atom stereocenters. The Morgan fingerprint density at radius 3 is 2.61 bits per heavy atom. The fourth-order valence-electron chi connectivity index (χ4n) is 2.25. The third-order valence-corrected chi connectivity index (χ3v) is 3.61. The molecule has 0 unspecified atom stereocenters. The molecule has 1 aromatic rings. The van der Waals surface area contributed by atoms with Crippen molar-refractivity contribution < 1.29 is 4.52 Å². The van der Waals surface area contributed by atoms with Crippen LogP contribution in [0.2, 0.25) is 0 Å². The van der Waals surface area contributed by atoms with E-state index in [0.29, 0.717) is 12.5 Å². The SMILES string of the molecule is CCCN(CC)CCNC(=NCc1cc(C(C)C)no1)NCC. The van der Waals surface area contributed by atoms with Gasteiger partial charge in [0.15, 0.2) is 11.7 Å². The molecular formula is C17H33N5O. The summed E-state index contributed by atoms with van der Waals surface area (Å²) >= 11 is 0. The second kappa shape index (κ2) is 11.0. The molecule has 0 aliphatic carbocycles. The summed E-state index contributed by atoms with van der Waals surface area (Å²) in [6, 6.07) is 1.98. The molecule has 6 heteroatoms. The Kier molecular flexibility index (Phi) is 9.36. The van der Waals surface area contributed by atoms with E-state index in [1.807, 2.05) is 6.07 Å². The van der Waals surface area contributed by atoms with Crippen molar-refractivity contribution in [2.24, 2.45) is 4.99 Å². The number of nitrogens with zero attached hydrogens (tertiary/aromatic N) is 3. The lowest BCUT2D eigenvalue weighted by Gasteiger charge is -2.20. The zero-order chi connectivity index (χ0) is 17.1. The summed E-state index contributed by atoms with van der Waals surface area (Å²) in [4.78, 5) is 7.00. The first-order valence-electron chi connectivity index (χ1n) is 8.80. The average molecular weight is 323 g/mol. The molecule has 0 aromatic carbocycles. The van der Waals surface area contributed by atoms with Gasteiger partial charge in [-0.15, -0.1) is 0 Å². The molecule has 0 saturated carbocycles. The minimum absolute atomic E-state index is 0.376.